The molecule has 3 aliphatic rings. The van der Waals surface area contributed by atoms with Crippen molar-refractivity contribution in [3.8, 4) is 23.0 Å². The van der Waals surface area contributed by atoms with E-state index in [2.05, 4.69) is 125 Å². The second-order valence-corrected chi connectivity index (χ2v) is 29.2. The number of aliphatic imine (C=N–C) groups is 1. The maximum absolute atomic E-state index is 13.6. The monoisotopic (exact) mass is 1590 g/mol. The predicted molar refractivity (Wildman–Crippen MR) is 421 cm³/mol. The van der Waals surface area contributed by atoms with E-state index in [1.165, 1.54) is 45.7 Å². The number of phenolic OH excluding ortho intramolecular Hbond substituents is 4. The van der Waals surface area contributed by atoms with Crippen molar-refractivity contribution < 1.29 is 63.1 Å². The minimum Gasteiger partial charge on any atom is -0.505 e. The second-order valence-electron chi connectivity index (χ2n) is 26.2. The summed E-state index contributed by atoms with van der Waals surface area (Å²) in [5, 5.41) is 99.2. The summed E-state index contributed by atoms with van der Waals surface area (Å²) in [6, 6.07) is 20.5. The van der Waals surface area contributed by atoms with Gasteiger partial charge in [0.15, 0.2) is 60.6 Å². The van der Waals surface area contributed by atoms with Gasteiger partial charge >= 0.3 is 12.1 Å². The Balaban J connectivity index is 0.000000139. The molecule has 0 fully saturated rings. The second kappa shape index (κ2) is 32.7. The molecule has 3 aliphatic heterocycles. The lowest BCUT2D eigenvalue weighted by molar-refractivity contribution is -0.120. The summed E-state index contributed by atoms with van der Waals surface area (Å²) in [5.41, 5.74) is 4.07. The van der Waals surface area contributed by atoms with Crippen molar-refractivity contribution in [2.75, 3.05) is 52.7 Å². The summed E-state index contributed by atoms with van der Waals surface area (Å²) in [4.78, 5) is 92.7. The molecule has 0 bridgehead atoms. The molecule has 0 saturated heterocycles. The lowest BCUT2D eigenvalue weighted by atomic mass is 9.76. The molecule has 11 heterocycles. The van der Waals surface area contributed by atoms with Crippen LogP contribution < -0.4 is 37.2 Å². The fourth-order valence-electron chi connectivity index (χ4n) is 11.7. The molecule has 0 atom stereocenters. The van der Waals surface area contributed by atoms with Crippen LogP contribution in [0, 0.1) is 5.82 Å². The summed E-state index contributed by atoms with van der Waals surface area (Å²) in [7, 11) is 2.68. The third-order valence-corrected chi connectivity index (χ3v) is 19.9. The number of methoxy groups -OCH3 is 1. The van der Waals surface area contributed by atoms with Crippen LogP contribution in [0.5, 0.6) is 23.0 Å². The highest BCUT2D eigenvalue weighted by molar-refractivity contribution is 7.12. The first kappa shape index (κ1) is 78.1. The van der Waals surface area contributed by atoms with Crippen molar-refractivity contribution in [2.45, 2.75) is 84.5 Å². The molecular weight excluding hydrogens is 1530 g/mol. The van der Waals surface area contributed by atoms with Gasteiger partial charge in [0.05, 0.1) is 80.5 Å². The molecule has 0 radical (unpaired) electrons. The maximum atomic E-state index is 13.6. The van der Waals surface area contributed by atoms with E-state index in [0.29, 0.717) is 94.3 Å². The number of carbonyl (C=O) groups excluding carboxylic acids is 6. The Bertz CT molecular complexity index is 5920. The molecule has 7 amide bonds. The largest absolute Gasteiger partial charge is 0.505 e. The van der Waals surface area contributed by atoms with Crippen LogP contribution in [0.25, 0.3) is 44.1 Å². The minimum atomic E-state index is -1.01. The minimum absolute atomic E-state index is 0.0911. The van der Waals surface area contributed by atoms with Crippen molar-refractivity contribution in [3.63, 3.8) is 0 Å². The van der Waals surface area contributed by atoms with Gasteiger partial charge in [-0.15, -0.1) is 40.9 Å². The van der Waals surface area contributed by atoms with E-state index in [1.54, 1.807) is 69.8 Å². The van der Waals surface area contributed by atoms with Crippen LogP contribution >= 0.6 is 46.1 Å². The van der Waals surface area contributed by atoms with E-state index in [9.17, 15) is 53.6 Å². The molecule has 0 saturated carbocycles. The summed E-state index contributed by atoms with van der Waals surface area (Å²) in [6.45, 7) is 14.3. The number of hydrogen-bond donors (Lipinski definition) is 11. The zero-order chi connectivity index (χ0) is 79.9. The maximum Gasteiger partial charge on any atom is 0.411 e. The average molecular weight is 1590 g/mol. The summed E-state index contributed by atoms with van der Waals surface area (Å²) in [6.07, 6.45) is 7.39. The number of phenols is 4. The number of azo groups is 4. The molecule has 0 aliphatic carbocycles. The van der Waals surface area contributed by atoms with Crippen molar-refractivity contribution in [2.24, 2.45) is 45.9 Å². The SMILES string of the molecule is CC(=O)Nc1cc(N=Nc2snc3ncccc23)c2c(c1O)C(C)(C)CC(=O)N2.CCOC=Nc1cc(O)c(F)cc1N=Nc1snc2ncccc12.CNC(=O)Nc1cc(N=Nc2snc3ncccc23)c2c(c1O)C(C)(C)C(=O)N2.COC(=O)Nc1cc(N=Nc2snc3ncccc23)c2c(c1O)C(C)(C)CC(=O)N2. The van der Waals surface area contributed by atoms with E-state index >= 15 is 0 Å². The van der Waals surface area contributed by atoms with Crippen LogP contribution in [0.15, 0.2) is 150 Å². The number of carbonyl (C=O) groups is 6. The van der Waals surface area contributed by atoms with Gasteiger partial charge in [0.25, 0.3) is 0 Å². The number of rotatable bonds is 14. The van der Waals surface area contributed by atoms with Gasteiger partial charge in [0.2, 0.25) is 23.6 Å². The highest BCUT2D eigenvalue weighted by Gasteiger charge is 2.44. The van der Waals surface area contributed by atoms with Gasteiger partial charge in [0, 0.05) is 91.3 Å². The summed E-state index contributed by atoms with van der Waals surface area (Å²) >= 11 is 4.59. The number of benzene rings is 4. The Labute approximate surface area is 649 Å². The van der Waals surface area contributed by atoms with Gasteiger partial charge in [-0.05, 0) is 134 Å². The van der Waals surface area contributed by atoms with Crippen molar-refractivity contribution in [3.05, 3.63) is 126 Å². The number of fused-ring (bicyclic) bond motifs is 7. The van der Waals surface area contributed by atoms with Crippen molar-refractivity contribution in [1.82, 2.24) is 42.7 Å². The molecular formula is C71H65FN24O12S4. The van der Waals surface area contributed by atoms with Crippen molar-refractivity contribution >= 4 is 215 Å². The Morgan fingerprint density at radius 2 is 0.920 bits per heavy atom. The zero-order valence-electron chi connectivity index (χ0n) is 60.7. The number of anilines is 6. The molecule has 41 heteroatoms. The van der Waals surface area contributed by atoms with Gasteiger partial charge in [0.1, 0.15) is 40.0 Å². The highest BCUT2D eigenvalue weighted by Crippen LogP contribution is 2.55. The number of urea groups is 1. The normalized spacial score (nSPS) is 14.4. The number of amides is 7. The smallest absolute Gasteiger partial charge is 0.411 e. The summed E-state index contributed by atoms with van der Waals surface area (Å²) < 4.78 is 40.1. The number of halogens is 1. The topological polar surface area (TPSA) is 500 Å². The first-order chi connectivity index (χ1) is 53.6. The lowest BCUT2D eigenvalue weighted by Gasteiger charge is -2.33. The van der Waals surface area contributed by atoms with Gasteiger partial charge < -0.3 is 61.8 Å². The van der Waals surface area contributed by atoms with E-state index in [0.717, 1.165) is 79.8 Å². The average Bonchev–Trinajstić information content (AvgIpc) is 1.62. The fraction of sp³-hybridized carbons (Fsp3) is 0.225. The first-order valence-electron chi connectivity index (χ1n) is 33.5. The van der Waals surface area contributed by atoms with Crippen LogP contribution in [0.2, 0.25) is 0 Å². The third kappa shape index (κ3) is 16.7. The van der Waals surface area contributed by atoms with Gasteiger partial charge in [-0.2, -0.15) is 17.5 Å². The number of hydrogen-bond acceptors (Lipinski definition) is 33. The van der Waals surface area contributed by atoms with Crippen LogP contribution in [-0.4, -0.2) is 121 Å². The molecule has 4 aromatic carbocycles. The Kier molecular flexibility index (Phi) is 22.8. The Morgan fingerprint density at radius 1 is 0.536 bits per heavy atom. The molecule has 11 N–H and O–H groups in total. The van der Waals surface area contributed by atoms with Gasteiger partial charge in [-0.1, -0.05) is 27.7 Å². The Morgan fingerprint density at radius 3 is 1.31 bits per heavy atom. The molecule has 8 aromatic heterocycles. The first-order valence-corrected chi connectivity index (χ1v) is 36.6. The number of aromatic hydroxyl groups is 4. The number of pyridine rings is 4. The predicted octanol–water partition coefficient (Wildman–Crippen LogP) is 17.4. The lowest BCUT2D eigenvalue weighted by Crippen LogP contribution is -2.33. The molecule has 0 unspecified atom stereocenters. The molecule has 112 heavy (non-hydrogen) atoms. The standard InChI is InChI=1S/C19H18N6O4S.C19H18N6O3S.C18H17N7O3S.C15H12FN5O2S/c1-19(2)8-12(26)22-14-10(7-11(15(27)13(14)19)21-18(28)29-3)23-24-17-9-5-4-6-20-16(9)25-30-17;1-9(26)21-12-7-11(15-14(16(12)28)19(2,3)8-13(27)22-15)23-24-18-10-5-4-6-20-17(10)25-29-18;1-18(2)11-12(22-16(18)27)9(7-10(13(11)26)21-17(28)19-3)23-24-15-8-5-4-6-20-14(8)25-29-15;1-2-23-8-18-11-7-13(22)10(16)6-12(11)19-20-15-9-4-3-5-17-14(9)21-24-15/h4-7,27H,8H2,1-3H3,(H,21,28)(H,22,26);4-7,28H,8H2,1-3H3,(H,21,26)(H,22,27);4-7,26H,1-3H3,(H,22,27)(H2,19,21,28);3-8,22H,2H2,1H3. The Hall–Kier alpha value is -13.5. The van der Waals surface area contributed by atoms with Crippen LogP contribution in [0.3, 0.4) is 0 Å². The number of nitrogens with zero attached hydrogens (tertiary/aromatic N) is 17. The van der Waals surface area contributed by atoms with E-state index in [1.807, 2.05) is 52.0 Å². The van der Waals surface area contributed by atoms with Crippen LogP contribution in [-0.2, 0) is 44.9 Å². The zero-order valence-corrected chi connectivity index (χ0v) is 63.9. The van der Waals surface area contributed by atoms with E-state index in [-0.39, 0.29) is 87.8 Å². The molecule has 572 valence electrons. The molecule has 12 aromatic rings. The number of aromatic nitrogens is 8. The third-order valence-electron chi connectivity index (χ3n) is 17.0. The highest BCUT2D eigenvalue weighted by atomic mass is 32.1. The van der Waals surface area contributed by atoms with Gasteiger partial charge in [-0.25, -0.2) is 38.9 Å². The number of ether oxygens (including phenoxy) is 2. The van der Waals surface area contributed by atoms with Crippen molar-refractivity contribution in [1.29, 1.82) is 0 Å². The fourth-order valence-corrected chi connectivity index (χ4v) is 14.4. The van der Waals surface area contributed by atoms with Crippen LogP contribution in [0.1, 0.15) is 84.9 Å². The number of nitrogens with one attached hydrogen (secondary N) is 7. The van der Waals surface area contributed by atoms with E-state index in [4.69, 9.17) is 4.74 Å². The quantitative estimate of drug-likeness (QED) is 0.0208. The molecule has 36 nitrogen and oxygen atoms in total. The van der Waals surface area contributed by atoms with E-state index < -0.39 is 39.9 Å². The molecule has 15 rings (SSSR count). The van der Waals surface area contributed by atoms with Crippen LogP contribution in [0.4, 0.5) is 96.5 Å². The summed E-state index contributed by atoms with van der Waals surface area (Å²) in [5.74, 6) is -2.79. The molecule has 0 spiro atoms. The van der Waals surface area contributed by atoms with Gasteiger partial charge in [-0.3, -0.25) is 24.5 Å².